The van der Waals surface area contributed by atoms with Gasteiger partial charge in [-0.05, 0) is 62.4 Å². The number of rotatable bonds is 7. The van der Waals surface area contributed by atoms with Crippen LogP contribution in [0.25, 0.3) is 0 Å². The molecule has 1 heterocycles. The number of amides is 1. The molecule has 2 aromatic rings. The molecular weight excluding hydrogens is 445 g/mol. The SMILES string of the molecule is C/C=C(\C)CO.C=CCO.CC.O=C1CC(CCC(O)c2ccc(F)cc2)CN1c1ccccc1. The van der Waals surface area contributed by atoms with E-state index in [9.17, 15) is 14.3 Å². The quantitative estimate of drug-likeness (QED) is 0.429. The number of nitrogens with zero attached hydrogens (tertiary/aromatic N) is 1. The van der Waals surface area contributed by atoms with Crippen molar-refractivity contribution in [2.75, 3.05) is 24.7 Å². The van der Waals surface area contributed by atoms with E-state index < -0.39 is 6.10 Å². The second-order valence-electron chi connectivity index (χ2n) is 7.82. The Balaban J connectivity index is 0.000000810. The average Bonchev–Trinajstić information content (AvgIpc) is 3.29. The number of aliphatic hydroxyl groups is 3. The predicted octanol–water partition coefficient (Wildman–Crippen LogP) is 5.83. The summed E-state index contributed by atoms with van der Waals surface area (Å²) in [4.78, 5) is 14.0. The van der Waals surface area contributed by atoms with Crippen molar-refractivity contribution in [3.05, 3.63) is 90.3 Å². The van der Waals surface area contributed by atoms with Crippen molar-refractivity contribution in [3.8, 4) is 0 Å². The van der Waals surface area contributed by atoms with Crippen LogP contribution in [0.15, 0.2) is 78.9 Å². The van der Waals surface area contributed by atoms with Crippen molar-refractivity contribution < 1.29 is 24.5 Å². The minimum atomic E-state index is -0.614. The topological polar surface area (TPSA) is 81.0 Å². The van der Waals surface area contributed by atoms with Crippen LogP contribution in [0.4, 0.5) is 10.1 Å². The van der Waals surface area contributed by atoms with Crippen molar-refractivity contribution in [1.82, 2.24) is 0 Å². The standard InChI is InChI=1S/C19H20FNO2.C5H10O.C3H6O.C2H6/c20-16-9-7-15(8-10-16)18(22)11-6-14-12-19(23)21(13-14)17-4-2-1-3-5-17;1-3-5(2)4-6;1-2-3-4;1-2/h1-5,7-10,14,18,22H,6,11-13H2;3,6H,4H2,1-2H3;2,4H,1,3H2;1-2H3/b;5-3+;;. The monoisotopic (exact) mass is 487 g/mol. The molecule has 2 aromatic carbocycles. The van der Waals surface area contributed by atoms with E-state index in [1.54, 1.807) is 12.1 Å². The zero-order valence-corrected chi connectivity index (χ0v) is 21.5. The first-order valence-corrected chi connectivity index (χ1v) is 12.1. The van der Waals surface area contributed by atoms with E-state index in [1.165, 1.54) is 18.2 Å². The summed E-state index contributed by atoms with van der Waals surface area (Å²) in [5.41, 5.74) is 2.67. The average molecular weight is 488 g/mol. The van der Waals surface area contributed by atoms with Crippen molar-refractivity contribution in [3.63, 3.8) is 0 Å². The normalized spacial score (nSPS) is 15.5. The summed E-state index contributed by atoms with van der Waals surface area (Å²) in [5, 5.41) is 26.2. The van der Waals surface area contributed by atoms with Crippen LogP contribution >= 0.6 is 0 Å². The summed E-state index contributed by atoms with van der Waals surface area (Å²) in [7, 11) is 0. The molecule has 194 valence electrons. The van der Waals surface area contributed by atoms with Crippen LogP contribution in [0.3, 0.4) is 0 Å². The minimum Gasteiger partial charge on any atom is -0.392 e. The summed E-state index contributed by atoms with van der Waals surface area (Å²) < 4.78 is 12.9. The van der Waals surface area contributed by atoms with Crippen LogP contribution in [-0.2, 0) is 4.79 Å². The van der Waals surface area contributed by atoms with E-state index in [1.807, 2.05) is 69.0 Å². The minimum absolute atomic E-state index is 0.0833. The van der Waals surface area contributed by atoms with Gasteiger partial charge in [-0.25, -0.2) is 4.39 Å². The lowest BCUT2D eigenvalue weighted by molar-refractivity contribution is -0.117. The highest BCUT2D eigenvalue weighted by molar-refractivity contribution is 5.95. The van der Waals surface area contributed by atoms with Gasteiger partial charge in [0.2, 0.25) is 5.91 Å². The maximum Gasteiger partial charge on any atom is 0.227 e. The maximum absolute atomic E-state index is 12.9. The van der Waals surface area contributed by atoms with Gasteiger partial charge in [-0.3, -0.25) is 4.79 Å². The molecule has 1 saturated heterocycles. The molecule has 1 aliphatic rings. The highest BCUT2D eigenvalue weighted by Gasteiger charge is 2.30. The van der Waals surface area contributed by atoms with Crippen molar-refractivity contribution in [1.29, 1.82) is 0 Å². The van der Waals surface area contributed by atoms with Crippen LogP contribution in [0.2, 0.25) is 0 Å². The molecule has 0 radical (unpaired) electrons. The summed E-state index contributed by atoms with van der Waals surface area (Å²) in [5.74, 6) is 0.0797. The highest BCUT2D eigenvalue weighted by Crippen LogP contribution is 2.30. The number of allylic oxidation sites excluding steroid dienone is 1. The Kier molecular flexibility index (Phi) is 17.9. The van der Waals surface area contributed by atoms with Crippen molar-refractivity contribution in [2.24, 2.45) is 5.92 Å². The number of carbonyl (C=O) groups excluding carboxylic acids is 1. The predicted molar refractivity (Wildman–Crippen MR) is 143 cm³/mol. The molecule has 2 unspecified atom stereocenters. The van der Waals surface area contributed by atoms with E-state index >= 15 is 0 Å². The van der Waals surface area contributed by atoms with Gasteiger partial charge in [-0.1, -0.05) is 61.9 Å². The van der Waals surface area contributed by atoms with Gasteiger partial charge in [-0.15, -0.1) is 6.58 Å². The van der Waals surface area contributed by atoms with Gasteiger partial charge >= 0.3 is 0 Å². The zero-order valence-electron chi connectivity index (χ0n) is 21.5. The van der Waals surface area contributed by atoms with Gasteiger partial charge in [0.25, 0.3) is 0 Å². The van der Waals surface area contributed by atoms with E-state index in [4.69, 9.17) is 10.2 Å². The van der Waals surface area contributed by atoms with E-state index in [0.717, 1.165) is 23.2 Å². The first-order valence-electron chi connectivity index (χ1n) is 12.1. The third-order valence-corrected chi connectivity index (χ3v) is 5.25. The molecule has 1 amide bonds. The lowest BCUT2D eigenvalue weighted by Gasteiger charge is -2.17. The maximum atomic E-state index is 12.9. The number of carbonyl (C=O) groups is 1. The van der Waals surface area contributed by atoms with Gasteiger partial charge in [0, 0.05) is 18.7 Å². The second-order valence-corrected chi connectivity index (χ2v) is 7.82. The zero-order chi connectivity index (χ0) is 26.6. The number of hydrogen-bond donors (Lipinski definition) is 3. The molecule has 2 atom stereocenters. The van der Waals surface area contributed by atoms with Crippen LogP contribution < -0.4 is 4.90 Å². The fraction of sp³-hybridized carbons (Fsp3) is 0.414. The number of anilines is 1. The third-order valence-electron chi connectivity index (χ3n) is 5.25. The van der Waals surface area contributed by atoms with Crippen molar-refractivity contribution in [2.45, 2.75) is 53.1 Å². The number of benzene rings is 2. The number of halogens is 1. The summed E-state index contributed by atoms with van der Waals surface area (Å²) >= 11 is 0. The molecule has 0 aliphatic carbocycles. The van der Waals surface area contributed by atoms with Gasteiger partial charge in [0.15, 0.2) is 0 Å². The van der Waals surface area contributed by atoms with Crippen LogP contribution in [0, 0.1) is 11.7 Å². The fourth-order valence-corrected chi connectivity index (χ4v) is 3.17. The smallest absolute Gasteiger partial charge is 0.227 e. The second kappa shape index (κ2) is 19.5. The molecule has 1 aliphatic heterocycles. The number of para-hydroxylation sites is 1. The molecule has 0 saturated carbocycles. The Hall–Kier alpha value is -2.80. The third kappa shape index (κ3) is 13.0. The van der Waals surface area contributed by atoms with E-state index in [0.29, 0.717) is 19.4 Å². The molecule has 1 fully saturated rings. The summed E-state index contributed by atoms with van der Waals surface area (Å²) in [6.45, 7) is 12.0. The first kappa shape index (κ1) is 32.2. The molecule has 0 aromatic heterocycles. The first-order chi connectivity index (χ1) is 16.9. The van der Waals surface area contributed by atoms with Gasteiger partial charge in [-0.2, -0.15) is 0 Å². The number of hydrogen-bond acceptors (Lipinski definition) is 4. The fourth-order valence-electron chi connectivity index (χ4n) is 3.17. The lowest BCUT2D eigenvalue weighted by atomic mass is 9.97. The molecule has 0 spiro atoms. The van der Waals surface area contributed by atoms with Gasteiger partial charge in [0.1, 0.15) is 5.82 Å². The number of aliphatic hydroxyl groups excluding tert-OH is 3. The molecule has 3 rings (SSSR count). The largest absolute Gasteiger partial charge is 0.392 e. The lowest BCUT2D eigenvalue weighted by Crippen LogP contribution is -2.24. The van der Waals surface area contributed by atoms with E-state index in [-0.39, 0.29) is 30.9 Å². The Morgan fingerprint density at radius 1 is 1.14 bits per heavy atom. The summed E-state index contributed by atoms with van der Waals surface area (Å²) in [6.07, 6.45) is 4.57. The summed E-state index contributed by atoms with van der Waals surface area (Å²) in [6, 6.07) is 15.6. The Bertz CT molecular complexity index is 853. The van der Waals surface area contributed by atoms with E-state index in [2.05, 4.69) is 6.58 Å². The Labute approximate surface area is 210 Å². The van der Waals surface area contributed by atoms with Gasteiger partial charge < -0.3 is 20.2 Å². The molecule has 3 N–H and O–H groups in total. The molecule has 0 bridgehead atoms. The highest BCUT2D eigenvalue weighted by atomic mass is 19.1. The molecular formula is C29H42FNO4. The Morgan fingerprint density at radius 3 is 2.17 bits per heavy atom. The Morgan fingerprint density at radius 2 is 1.71 bits per heavy atom. The van der Waals surface area contributed by atoms with Crippen LogP contribution in [0.5, 0.6) is 0 Å². The van der Waals surface area contributed by atoms with Crippen LogP contribution in [0.1, 0.15) is 58.6 Å². The van der Waals surface area contributed by atoms with Gasteiger partial charge in [0.05, 0.1) is 19.3 Å². The van der Waals surface area contributed by atoms with Crippen molar-refractivity contribution >= 4 is 11.6 Å². The molecule has 6 heteroatoms. The molecule has 35 heavy (non-hydrogen) atoms. The van der Waals surface area contributed by atoms with Crippen LogP contribution in [-0.4, -0.2) is 41.0 Å². The molecule has 5 nitrogen and oxygen atoms in total.